The van der Waals surface area contributed by atoms with Crippen LogP contribution in [0.4, 0.5) is 0 Å². The molecule has 0 fully saturated rings. The van der Waals surface area contributed by atoms with E-state index in [-0.39, 0.29) is 0 Å². The smallest absolute Gasteiger partial charge is 0.119 e. The maximum Gasteiger partial charge on any atom is 0.119 e. The van der Waals surface area contributed by atoms with Gasteiger partial charge in [0, 0.05) is 16.7 Å². The van der Waals surface area contributed by atoms with Crippen LogP contribution in [0.1, 0.15) is 24.9 Å². The highest BCUT2D eigenvalue weighted by atomic mass is 32.2. The Morgan fingerprint density at radius 1 is 1.53 bits per heavy atom. The zero-order valence-corrected chi connectivity index (χ0v) is 10.1. The van der Waals surface area contributed by atoms with E-state index >= 15 is 0 Å². The van der Waals surface area contributed by atoms with E-state index in [2.05, 4.69) is 24.4 Å². The van der Waals surface area contributed by atoms with Gasteiger partial charge in [0.25, 0.3) is 0 Å². The van der Waals surface area contributed by atoms with Gasteiger partial charge in [0.05, 0.1) is 7.11 Å². The van der Waals surface area contributed by atoms with Gasteiger partial charge < -0.3 is 10.1 Å². The Balaban J connectivity index is 2.16. The minimum absolute atomic E-state index is 0.500. The number of rotatable bonds is 4. The topological polar surface area (TPSA) is 21.3 Å². The van der Waals surface area contributed by atoms with Crippen LogP contribution in [-0.4, -0.2) is 19.4 Å². The number of benzene rings is 1. The maximum absolute atomic E-state index is 5.26. The molecule has 0 amide bonds. The van der Waals surface area contributed by atoms with Gasteiger partial charge in [-0.1, -0.05) is 6.92 Å². The highest BCUT2D eigenvalue weighted by Crippen LogP contribution is 2.39. The van der Waals surface area contributed by atoms with Crippen LogP contribution in [0, 0.1) is 0 Å². The van der Waals surface area contributed by atoms with Gasteiger partial charge in [0.2, 0.25) is 0 Å². The molecule has 1 aliphatic heterocycles. The van der Waals surface area contributed by atoms with Crippen molar-refractivity contribution in [3.8, 4) is 5.75 Å². The molecule has 1 atom stereocenters. The Hall–Kier alpha value is -0.670. The van der Waals surface area contributed by atoms with Gasteiger partial charge in [-0.05, 0) is 36.7 Å². The summed E-state index contributed by atoms with van der Waals surface area (Å²) in [6.45, 7) is 3.28. The molecule has 1 aromatic rings. The molecule has 2 rings (SSSR count). The SMILES string of the molecule is CCCNC1CSc2ccc(OC)cc21. The molecule has 0 aliphatic carbocycles. The predicted molar refractivity (Wildman–Crippen MR) is 64.8 cm³/mol. The molecule has 1 aromatic carbocycles. The molecule has 1 unspecified atom stereocenters. The summed E-state index contributed by atoms with van der Waals surface area (Å²) in [6, 6.07) is 6.85. The monoisotopic (exact) mass is 223 g/mol. The molecule has 1 heterocycles. The Labute approximate surface area is 95.4 Å². The quantitative estimate of drug-likeness (QED) is 0.848. The molecule has 0 radical (unpaired) electrons. The van der Waals surface area contributed by atoms with E-state index in [0.717, 1.165) is 18.0 Å². The Morgan fingerprint density at radius 3 is 3.13 bits per heavy atom. The zero-order valence-electron chi connectivity index (χ0n) is 9.25. The highest BCUT2D eigenvalue weighted by molar-refractivity contribution is 7.99. The Kier molecular flexibility index (Phi) is 3.54. The number of nitrogens with one attached hydrogen (secondary N) is 1. The number of hydrogen-bond donors (Lipinski definition) is 1. The van der Waals surface area contributed by atoms with Gasteiger partial charge in [0.15, 0.2) is 0 Å². The summed E-state index contributed by atoms with van der Waals surface area (Å²) in [6.07, 6.45) is 1.18. The molecule has 1 N–H and O–H groups in total. The predicted octanol–water partition coefficient (Wildman–Crippen LogP) is 2.84. The van der Waals surface area contributed by atoms with Crippen molar-refractivity contribution in [3.05, 3.63) is 23.8 Å². The second-order valence-electron chi connectivity index (χ2n) is 3.72. The lowest BCUT2D eigenvalue weighted by molar-refractivity contribution is 0.413. The minimum atomic E-state index is 0.500. The third kappa shape index (κ3) is 2.29. The summed E-state index contributed by atoms with van der Waals surface area (Å²) in [5.74, 6) is 2.10. The molecule has 0 aromatic heterocycles. The van der Waals surface area contributed by atoms with Crippen LogP contribution in [0.2, 0.25) is 0 Å². The van der Waals surface area contributed by atoms with Crippen LogP contribution in [0.25, 0.3) is 0 Å². The summed E-state index contributed by atoms with van der Waals surface area (Å²) in [5, 5.41) is 3.56. The van der Waals surface area contributed by atoms with Crippen LogP contribution in [0.5, 0.6) is 5.75 Å². The molecule has 0 spiro atoms. The highest BCUT2D eigenvalue weighted by Gasteiger charge is 2.22. The second-order valence-corrected chi connectivity index (χ2v) is 4.78. The zero-order chi connectivity index (χ0) is 10.7. The van der Waals surface area contributed by atoms with Crippen molar-refractivity contribution in [2.75, 3.05) is 19.4 Å². The van der Waals surface area contributed by atoms with Crippen LogP contribution >= 0.6 is 11.8 Å². The van der Waals surface area contributed by atoms with Crippen molar-refractivity contribution in [2.45, 2.75) is 24.3 Å². The standard InChI is InChI=1S/C12H17NOS/c1-3-6-13-11-8-15-12-5-4-9(14-2)7-10(11)12/h4-5,7,11,13H,3,6,8H2,1-2H3. The summed E-state index contributed by atoms with van der Waals surface area (Å²) in [7, 11) is 1.72. The molecule has 3 heteroatoms. The first kappa shape index (κ1) is 10.8. The van der Waals surface area contributed by atoms with Gasteiger partial charge >= 0.3 is 0 Å². The van der Waals surface area contributed by atoms with E-state index in [1.54, 1.807) is 7.11 Å². The fourth-order valence-electron chi connectivity index (χ4n) is 1.81. The van der Waals surface area contributed by atoms with E-state index < -0.39 is 0 Å². The van der Waals surface area contributed by atoms with Crippen molar-refractivity contribution >= 4 is 11.8 Å². The van der Waals surface area contributed by atoms with Gasteiger partial charge in [-0.2, -0.15) is 0 Å². The van der Waals surface area contributed by atoms with E-state index in [1.165, 1.54) is 16.9 Å². The number of methoxy groups -OCH3 is 1. The van der Waals surface area contributed by atoms with Gasteiger partial charge in [-0.25, -0.2) is 0 Å². The molecule has 0 bridgehead atoms. The summed E-state index contributed by atoms with van der Waals surface area (Å²) in [5.41, 5.74) is 1.40. The van der Waals surface area contributed by atoms with E-state index in [1.807, 2.05) is 17.8 Å². The first-order valence-corrected chi connectivity index (χ1v) is 6.38. The molecular formula is C12H17NOS. The van der Waals surface area contributed by atoms with Crippen molar-refractivity contribution in [1.29, 1.82) is 0 Å². The first-order valence-electron chi connectivity index (χ1n) is 5.39. The summed E-state index contributed by atoms with van der Waals surface area (Å²) in [4.78, 5) is 1.39. The van der Waals surface area contributed by atoms with Gasteiger partial charge in [0.1, 0.15) is 5.75 Å². The lowest BCUT2D eigenvalue weighted by Crippen LogP contribution is -2.21. The molecule has 0 saturated carbocycles. The fourth-order valence-corrected chi connectivity index (χ4v) is 2.98. The van der Waals surface area contributed by atoms with Crippen molar-refractivity contribution < 1.29 is 4.74 Å². The lowest BCUT2D eigenvalue weighted by Gasteiger charge is -2.12. The van der Waals surface area contributed by atoms with Crippen LogP contribution in [0.15, 0.2) is 23.1 Å². The number of fused-ring (bicyclic) bond motifs is 1. The van der Waals surface area contributed by atoms with Crippen LogP contribution < -0.4 is 10.1 Å². The second kappa shape index (κ2) is 4.90. The van der Waals surface area contributed by atoms with Crippen LogP contribution in [0.3, 0.4) is 0 Å². The Bertz CT molecular complexity index is 340. The largest absolute Gasteiger partial charge is 0.497 e. The number of ether oxygens (including phenoxy) is 1. The van der Waals surface area contributed by atoms with E-state index in [4.69, 9.17) is 4.74 Å². The molecule has 1 aliphatic rings. The minimum Gasteiger partial charge on any atom is -0.497 e. The average molecular weight is 223 g/mol. The first-order chi connectivity index (χ1) is 7.35. The number of thioether (sulfide) groups is 1. The molecule has 15 heavy (non-hydrogen) atoms. The van der Waals surface area contributed by atoms with Crippen LogP contribution in [-0.2, 0) is 0 Å². The summed E-state index contributed by atoms with van der Waals surface area (Å²) >= 11 is 1.93. The maximum atomic E-state index is 5.26. The van der Waals surface area contributed by atoms with E-state index in [9.17, 15) is 0 Å². The van der Waals surface area contributed by atoms with Gasteiger partial charge in [-0.15, -0.1) is 11.8 Å². The third-order valence-corrected chi connectivity index (χ3v) is 3.82. The third-order valence-electron chi connectivity index (χ3n) is 2.64. The Morgan fingerprint density at radius 2 is 2.40 bits per heavy atom. The van der Waals surface area contributed by atoms with Crippen molar-refractivity contribution in [3.63, 3.8) is 0 Å². The fraction of sp³-hybridized carbons (Fsp3) is 0.500. The normalized spacial score (nSPS) is 18.9. The van der Waals surface area contributed by atoms with Crippen molar-refractivity contribution in [2.24, 2.45) is 0 Å². The molecule has 0 saturated heterocycles. The molecule has 2 nitrogen and oxygen atoms in total. The van der Waals surface area contributed by atoms with Crippen molar-refractivity contribution in [1.82, 2.24) is 5.32 Å². The molecule has 82 valence electrons. The van der Waals surface area contributed by atoms with Gasteiger partial charge in [-0.3, -0.25) is 0 Å². The molecular weight excluding hydrogens is 206 g/mol. The van der Waals surface area contributed by atoms with E-state index in [0.29, 0.717) is 6.04 Å². The lowest BCUT2D eigenvalue weighted by atomic mass is 10.1. The summed E-state index contributed by atoms with van der Waals surface area (Å²) < 4.78 is 5.26. The number of hydrogen-bond acceptors (Lipinski definition) is 3. The average Bonchev–Trinajstić information content (AvgIpc) is 2.68.